The van der Waals surface area contributed by atoms with Gasteiger partial charge in [-0.3, -0.25) is 4.79 Å². The van der Waals surface area contributed by atoms with Gasteiger partial charge >= 0.3 is 0 Å². The molecular formula is C13H11FN2O. The number of aromatic nitrogens is 2. The van der Waals surface area contributed by atoms with E-state index < -0.39 is 0 Å². The monoisotopic (exact) mass is 230 g/mol. The fraction of sp³-hybridized carbons (Fsp3) is 0.154. The van der Waals surface area contributed by atoms with Crippen molar-refractivity contribution in [2.45, 2.75) is 13.3 Å². The SMILES string of the molecule is Cc1ccc(F)cc1CC(=O)c1ccnnc1. The molecule has 1 heterocycles. The summed E-state index contributed by atoms with van der Waals surface area (Å²) in [5.41, 5.74) is 2.09. The third-order valence-corrected chi connectivity index (χ3v) is 2.57. The summed E-state index contributed by atoms with van der Waals surface area (Å²) in [4.78, 5) is 11.9. The van der Waals surface area contributed by atoms with Gasteiger partial charge in [-0.05, 0) is 36.2 Å². The summed E-state index contributed by atoms with van der Waals surface area (Å²) in [6.07, 6.45) is 3.05. The van der Waals surface area contributed by atoms with Gasteiger partial charge < -0.3 is 0 Å². The fourth-order valence-electron chi connectivity index (χ4n) is 1.56. The molecule has 0 atom stereocenters. The van der Waals surface area contributed by atoms with Gasteiger partial charge in [-0.1, -0.05) is 6.07 Å². The van der Waals surface area contributed by atoms with Crippen molar-refractivity contribution in [2.75, 3.05) is 0 Å². The van der Waals surface area contributed by atoms with Crippen LogP contribution in [0, 0.1) is 12.7 Å². The number of Topliss-reactive ketones (excluding diaryl/α,β-unsaturated/α-hetero) is 1. The van der Waals surface area contributed by atoms with Gasteiger partial charge in [-0.15, -0.1) is 0 Å². The normalized spacial score (nSPS) is 10.2. The van der Waals surface area contributed by atoms with Crippen LogP contribution < -0.4 is 0 Å². The third-order valence-electron chi connectivity index (χ3n) is 2.57. The minimum atomic E-state index is -0.328. The molecule has 0 aliphatic carbocycles. The lowest BCUT2D eigenvalue weighted by Crippen LogP contribution is -2.06. The largest absolute Gasteiger partial charge is 0.294 e. The van der Waals surface area contributed by atoms with Crippen LogP contribution in [0.5, 0.6) is 0 Å². The van der Waals surface area contributed by atoms with E-state index in [9.17, 15) is 9.18 Å². The molecule has 4 heteroatoms. The first-order valence-corrected chi connectivity index (χ1v) is 5.22. The highest BCUT2D eigenvalue weighted by atomic mass is 19.1. The van der Waals surface area contributed by atoms with Crippen LogP contribution in [0.3, 0.4) is 0 Å². The zero-order chi connectivity index (χ0) is 12.3. The van der Waals surface area contributed by atoms with Gasteiger partial charge in [0.1, 0.15) is 5.82 Å². The van der Waals surface area contributed by atoms with E-state index in [4.69, 9.17) is 0 Å². The highest BCUT2D eigenvalue weighted by Crippen LogP contribution is 2.13. The molecule has 1 aromatic carbocycles. The van der Waals surface area contributed by atoms with Crippen LogP contribution in [0.1, 0.15) is 21.5 Å². The number of benzene rings is 1. The van der Waals surface area contributed by atoms with Crippen molar-refractivity contribution in [1.29, 1.82) is 0 Å². The highest BCUT2D eigenvalue weighted by molar-refractivity contribution is 5.97. The smallest absolute Gasteiger partial charge is 0.168 e. The Labute approximate surface area is 98.3 Å². The maximum Gasteiger partial charge on any atom is 0.168 e. The van der Waals surface area contributed by atoms with Gasteiger partial charge in [0.2, 0.25) is 0 Å². The fourth-order valence-corrected chi connectivity index (χ4v) is 1.56. The number of carbonyl (C=O) groups excluding carboxylic acids is 1. The first kappa shape index (κ1) is 11.4. The topological polar surface area (TPSA) is 42.9 Å². The Morgan fingerprint density at radius 1 is 1.29 bits per heavy atom. The zero-order valence-corrected chi connectivity index (χ0v) is 9.35. The second-order valence-corrected chi connectivity index (χ2v) is 3.80. The van der Waals surface area contributed by atoms with E-state index in [0.29, 0.717) is 11.1 Å². The Morgan fingerprint density at radius 2 is 2.12 bits per heavy atom. The molecule has 2 rings (SSSR count). The quantitative estimate of drug-likeness (QED) is 0.760. The van der Waals surface area contributed by atoms with E-state index >= 15 is 0 Å². The lowest BCUT2D eigenvalue weighted by atomic mass is 10.0. The van der Waals surface area contributed by atoms with Crippen LogP contribution in [0.2, 0.25) is 0 Å². The van der Waals surface area contributed by atoms with Crippen LogP contribution >= 0.6 is 0 Å². The first-order valence-electron chi connectivity index (χ1n) is 5.22. The molecule has 0 aliphatic heterocycles. The van der Waals surface area contributed by atoms with Crippen LogP contribution in [-0.2, 0) is 6.42 Å². The predicted octanol–water partition coefficient (Wildman–Crippen LogP) is 2.35. The van der Waals surface area contributed by atoms with E-state index in [1.54, 1.807) is 12.1 Å². The summed E-state index contributed by atoms with van der Waals surface area (Å²) in [5.74, 6) is -0.417. The number of halogens is 1. The first-order chi connectivity index (χ1) is 8.16. The predicted molar refractivity (Wildman–Crippen MR) is 61.2 cm³/mol. The molecule has 1 aromatic heterocycles. The van der Waals surface area contributed by atoms with Crippen molar-refractivity contribution < 1.29 is 9.18 Å². The molecule has 0 radical (unpaired) electrons. The Bertz CT molecular complexity index is 540. The summed E-state index contributed by atoms with van der Waals surface area (Å²) in [6.45, 7) is 1.85. The number of hydrogen-bond donors (Lipinski definition) is 0. The van der Waals surface area contributed by atoms with E-state index in [1.165, 1.54) is 24.5 Å². The van der Waals surface area contributed by atoms with Crippen LogP contribution in [-0.4, -0.2) is 16.0 Å². The van der Waals surface area contributed by atoms with Crippen molar-refractivity contribution in [1.82, 2.24) is 10.2 Å². The van der Waals surface area contributed by atoms with Crippen molar-refractivity contribution in [3.8, 4) is 0 Å². The molecular weight excluding hydrogens is 219 g/mol. The Hall–Kier alpha value is -2.10. The van der Waals surface area contributed by atoms with Gasteiger partial charge in [0.25, 0.3) is 0 Å². The summed E-state index contributed by atoms with van der Waals surface area (Å²) < 4.78 is 13.1. The van der Waals surface area contributed by atoms with Crippen molar-refractivity contribution in [3.63, 3.8) is 0 Å². The maximum atomic E-state index is 13.1. The van der Waals surface area contributed by atoms with Gasteiger partial charge in [-0.25, -0.2) is 4.39 Å². The molecule has 0 N–H and O–H groups in total. The summed E-state index contributed by atoms with van der Waals surface area (Å²) >= 11 is 0. The Morgan fingerprint density at radius 3 is 2.82 bits per heavy atom. The summed E-state index contributed by atoms with van der Waals surface area (Å²) in [7, 11) is 0. The lowest BCUT2D eigenvalue weighted by Gasteiger charge is -2.05. The van der Waals surface area contributed by atoms with Gasteiger partial charge in [0, 0.05) is 12.0 Å². The van der Waals surface area contributed by atoms with E-state index in [0.717, 1.165) is 5.56 Å². The third kappa shape index (κ3) is 2.72. The molecule has 0 amide bonds. The number of hydrogen-bond acceptors (Lipinski definition) is 3. The minimum Gasteiger partial charge on any atom is -0.294 e. The molecule has 0 unspecified atom stereocenters. The second kappa shape index (κ2) is 4.82. The Balaban J connectivity index is 2.22. The summed E-state index contributed by atoms with van der Waals surface area (Å²) in [6, 6.07) is 6.05. The molecule has 0 bridgehead atoms. The van der Waals surface area contributed by atoms with Crippen LogP contribution in [0.25, 0.3) is 0 Å². The second-order valence-electron chi connectivity index (χ2n) is 3.80. The minimum absolute atomic E-state index is 0.0893. The van der Waals surface area contributed by atoms with E-state index in [-0.39, 0.29) is 18.0 Å². The lowest BCUT2D eigenvalue weighted by molar-refractivity contribution is 0.0992. The molecule has 0 fully saturated rings. The number of rotatable bonds is 3. The van der Waals surface area contributed by atoms with Gasteiger partial charge in [0.05, 0.1) is 12.4 Å². The molecule has 86 valence electrons. The average Bonchev–Trinajstić information content (AvgIpc) is 2.35. The molecule has 0 saturated heterocycles. The van der Waals surface area contributed by atoms with Crippen molar-refractivity contribution in [3.05, 3.63) is 59.2 Å². The number of aryl methyl sites for hydroxylation is 1. The van der Waals surface area contributed by atoms with Crippen molar-refractivity contribution >= 4 is 5.78 Å². The standard InChI is InChI=1S/C13H11FN2O/c1-9-2-3-12(14)6-11(9)7-13(17)10-4-5-15-16-8-10/h2-6,8H,7H2,1H3. The molecule has 17 heavy (non-hydrogen) atoms. The average molecular weight is 230 g/mol. The zero-order valence-electron chi connectivity index (χ0n) is 9.35. The molecule has 0 aliphatic rings. The Kier molecular flexibility index (Phi) is 3.23. The van der Waals surface area contributed by atoms with E-state index in [1.807, 2.05) is 6.92 Å². The van der Waals surface area contributed by atoms with Gasteiger partial charge in [-0.2, -0.15) is 10.2 Å². The van der Waals surface area contributed by atoms with Crippen LogP contribution in [0.15, 0.2) is 36.7 Å². The molecule has 3 nitrogen and oxygen atoms in total. The molecule has 2 aromatic rings. The number of carbonyl (C=O) groups is 1. The van der Waals surface area contributed by atoms with E-state index in [2.05, 4.69) is 10.2 Å². The number of ketones is 1. The summed E-state index contributed by atoms with van der Waals surface area (Å²) in [5, 5.41) is 7.25. The molecule has 0 saturated carbocycles. The molecule has 0 spiro atoms. The van der Waals surface area contributed by atoms with Crippen molar-refractivity contribution in [2.24, 2.45) is 0 Å². The van der Waals surface area contributed by atoms with Gasteiger partial charge in [0.15, 0.2) is 5.78 Å². The highest BCUT2D eigenvalue weighted by Gasteiger charge is 2.09. The van der Waals surface area contributed by atoms with Crippen LogP contribution in [0.4, 0.5) is 4.39 Å². The maximum absolute atomic E-state index is 13.1. The number of nitrogens with zero attached hydrogens (tertiary/aromatic N) is 2.